The minimum atomic E-state index is -0.180. The molecule has 0 bridgehead atoms. The molecule has 0 aliphatic rings. The average molecular weight is 304 g/mol. The molecule has 0 aliphatic carbocycles. The topological polar surface area (TPSA) is 17.8 Å². The van der Waals surface area contributed by atoms with Gasteiger partial charge in [-0.2, -0.15) is 0 Å². The average Bonchev–Trinajstić information content (AvgIpc) is 2.48. The van der Waals surface area contributed by atoms with Crippen LogP contribution in [0.3, 0.4) is 0 Å². The second-order valence-corrected chi connectivity index (χ2v) is 4.66. The third kappa shape index (κ3) is 1.51. The van der Waals surface area contributed by atoms with Crippen LogP contribution in [0.2, 0.25) is 0 Å². The van der Waals surface area contributed by atoms with Crippen LogP contribution >= 0.6 is 22.6 Å². The SMILES string of the molecule is CC(C)n1cnc2cc(I)c(F)cc21. The third-order valence-electron chi connectivity index (χ3n) is 2.17. The zero-order chi connectivity index (χ0) is 10.3. The first-order valence-corrected chi connectivity index (χ1v) is 5.49. The molecule has 0 fully saturated rings. The number of benzene rings is 1. The van der Waals surface area contributed by atoms with Gasteiger partial charge in [-0.1, -0.05) is 0 Å². The number of halogens is 2. The van der Waals surface area contributed by atoms with Gasteiger partial charge in [-0.25, -0.2) is 9.37 Å². The summed E-state index contributed by atoms with van der Waals surface area (Å²) in [5, 5.41) is 0. The zero-order valence-corrected chi connectivity index (χ0v) is 10.1. The molecule has 0 saturated carbocycles. The van der Waals surface area contributed by atoms with Gasteiger partial charge in [0.15, 0.2) is 0 Å². The maximum absolute atomic E-state index is 13.3. The van der Waals surface area contributed by atoms with Crippen molar-refractivity contribution >= 4 is 33.6 Å². The van der Waals surface area contributed by atoms with Gasteiger partial charge < -0.3 is 4.57 Å². The van der Waals surface area contributed by atoms with Gasteiger partial charge in [0.05, 0.1) is 20.9 Å². The molecule has 0 aliphatic heterocycles. The van der Waals surface area contributed by atoms with E-state index in [1.54, 1.807) is 18.5 Å². The van der Waals surface area contributed by atoms with Crippen molar-refractivity contribution in [2.24, 2.45) is 0 Å². The molecule has 0 saturated heterocycles. The lowest BCUT2D eigenvalue weighted by atomic mass is 10.3. The summed E-state index contributed by atoms with van der Waals surface area (Å²) >= 11 is 1.97. The van der Waals surface area contributed by atoms with Gasteiger partial charge >= 0.3 is 0 Å². The van der Waals surface area contributed by atoms with E-state index in [9.17, 15) is 4.39 Å². The van der Waals surface area contributed by atoms with Crippen molar-refractivity contribution in [3.8, 4) is 0 Å². The molecule has 2 aromatic rings. The molecule has 0 amide bonds. The van der Waals surface area contributed by atoms with Crippen LogP contribution in [0.4, 0.5) is 4.39 Å². The van der Waals surface area contributed by atoms with Crippen LogP contribution in [0.25, 0.3) is 11.0 Å². The second-order valence-electron chi connectivity index (χ2n) is 3.50. The van der Waals surface area contributed by atoms with E-state index in [-0.39, 0.29) is 5.82 Å². The molecule has 0 unspecified atom stereocenters. The van der Waals surface area contributed by atoms with Gasteiger partial charge in [0.25, 0.3) is 0 Å². The monoisotopic (exact) mass is 304 g/mol. The molecule has 0 spiro atoms. The first-order chi connectivity index (χ1) is 6.59. The van der Waals surface area contributed by atoms with E-state index in [2.05, 4.69) is 18.8 Å². The molecule has 1 aromatic carbocycles. The Morgan fingerprint density at radius 3 is 2.79 bits per heavy atom. The zero-order valence-electron chi connectivity index (χ0n) is 7.96. The van der Waals surface area contributed by atoms with E-state index in [1.165, 1.54) is 0 Å². The highest BCUT2D eigenvalue weighted by molar-refractivity contribution is 14.1. The van der Waals surface area contributed by atoms with E-state index < -0.39 is 0 Å². The minimum absolute atomic E-state index is 0.180. The van der Waals surface area contributed by atoms with Crippen molar-refractivity contribution in [3.63, 3.8) is 0 Å². The van der Waals surface area contributed by atoms with Crippen molar-refractivity contribution in [1.82, 2.24) is 9.55 Å². The molecule has 2 nitrogen and oxygen atoms in total. The summed E-state index contributed by atoms with van der Waals surface area (Å²) in [7, 11) is 0. The molecule has 4 heteroatoms. The molecule has 2 rings (SSSR count). The van der Waals surface area contributed by atoms with Crippen molar-refractivity contribution in [3.05, 3.63) is 27.8 Å². The summed E-state index contributed by atoms with van der Waals surface area (Å²) in [4.78, 5) is 4.23. The number of hydrogen-bond acceptors (Lipinski definition) is 1. The fourth-order valence-electron chi connectivity index (χ4n) is 1.43. The minimum Gasteiger partial charge on any atom is -0.328 e. The van der Waals surface area contributed by atoms with Crippen molar-refractivity contribution in [1.29, 1.82) is 0 Å². The molecule has 74 valence electrons. The fourth-order valence-corrected chi connectivity index (χ4v) is 1.88. The Bertz CT molecular complexity index is 476. The van der Waals surface area contributed by atoms with Crippen molar-refractivity contribution in [2.45, 2.75) is 19.9 Å². The number of aromatic nitrogens is 2. The fraction of sp³-hybridized carbons (Fsp3) is 0.300. The highest BCUT2D eigenvalue weighted by Crippen LogP contribution is 2.22. The van der Waals surface area contributed by atoms with E-state index >= 15 is 0 Å². The molecule has 14 heavy (non-hydrogen) atoms. The van der Waals surface area contributed by atoms with Gasteiger partial charge in [0.1, 0.15) is 5.82 Å². The van der Waals surface area contributed by atoms with Crippen molar-refractivity contribution in [2.75, 3.05) is 0 Å². The maximum atomic E-state index is 13.3. The summed E-state index contributed by atoms with van der Waals surface area (Å²) in [6, 6.07) is 3.62. The molecule has 1 aromatic heterocycles. The van der Waals surface area contributed by atoms with Crippen LogP contribution in [-0.4, -0.2) is 9.55 Å². The molecular formula is C10H10FIN2. The lowest BCUT2D eigenvalue weighted by Gasteiger charge is -2.07. The number of hydrogen-bond donors (Lipinski definition) is 0. The van der Waals surface area contributed by atoms with Crippen LogP contribution in [0.5, 0.6) is 0 Å². The summed E-state index contributed by atoms with van der Waals surface area (Å²) in [5.41, 5.74) is 1.71. The normalized spacial score (nSPS) is 11.5. The van der Waals surface area contributed by atoms with E-state index in [0.29, 0.717) is 9.61 Å². The maximum Gasteiger partial charge on any atom is 0.138 e. The predicted molar refractivity (Wildman–Crippen MR) is 62.8 cm³/mol. The molecule has 0 radical (unpaired) electrons. The Kier molecular flexibility index (Phi) is 2.47. The molecule has 0 N–H and O–H groups in total. The number of nitrogens with zero attached hydrogens (tertiary/aromatic N) is 2. The largest absolute Gasteiger partial charge is 0.328 e. The Morgan fingerprint density at radius 2 is 2.14 bits per heavy atom. The summed E-state index contributed by atoms with van der Waals surface area (Å²) < 4.78 is 15.9. The quantitative estimate of drug-likeness (QED) is 0.739. The summed E-state index contributed by atoms with van der Waals surface area (Å²) in [6.45, 7) is 4.11. The third-order valence-corrected chi connectivity index (χ3v) is 3.00. The molecule has 0 atom stereocenters. The van der Waals surface area contributed by atoms with Crippen LogP contribution in [0.1, 0.15) is 19.9 Å². The number of fused-ring (bicyclic) bond motifs is 1. The second kappa shape index (κ2) is 3.49. The van der Waals surface area contributed by atoms with Gasteiger partial charge in [0.2, 0.25) is 0 Å². The smallest absolute Gasteiger partial charge is 0.138 e. The first-order valence-electron chi connectivity index (χ1n) is 4.41. The van der Waals surface area contributed by atoms with E-state index in [4.69, 9.17) is 0 Å². The molecule has 1 heterocycles. The Hall–Kier alpha value is -0.650. The Labute approximate surface area is 95.3 Å². The van der Waals surface area contributed by atoms with E-state index in [0.717, 1.165) is 11.0 Å². The predicted octanol–water partition coefficient (Wildman–Crippen LogP) is 3.36. The van der Waals surface area contributed by atoms with Gasteiger partial charge in [-0.05, 0) is 42.5 Å². The number of rotatable bonds is 1. The van der Waals surface area contributed by atoms with Gasteiger partial charge in [-0.15, -0.1) is 0 Å². The lowest BCUT2D eigenvalue weighted by Crippen LogP contribution is -1.98. The van der Waals surface area contributed by atoms with Gasteiger partial charge in [-0.3, -0.25) is 0 Å². The van der Waals surface area contributed by atoms with E-state index in [1.807, 2.05) is 27.2 Å². The summed E-state index contributed by atoms with van der Waals surface area (Å²) in [6.07, 6.45) is 1.75. The highest BCUT2D eigenvalue weighted by Gasteiger charge is 2.08. The first kappa shape index (κ1) is 9.89. The van der Waals surface area contributed by atoms with Crippen LogP contribution in [0, 0.1) is 9.39 Å². The summed E-state index contributed by atoms with van der Waals surface area (Å²) in [5.74, 6) is -0.180. The highest BCUT2D eigenvalue weighted by atomic mass is 127. The standard InChI is InChI=1S/C10H10FIN2/c1-6(2)14-5-13-9-4-8(12)7(11)3-10(9)14/h3-6H,1-2H3. The van der Waals surface area contributed by atoms with Crippen LogP contribution in [0.15, 0.2) is 18.5 Å². The van der Waals surface area contributed by atoms with Crippen molar-refractivity contribution < 1.29 is 4.39 Å². The van der Waals surface area contributed by atoms with Gasteiger partial charge in [0, 0.05) is 12.1 Å². The van der Waals surface area contributed by atoms with Crippen LogP contribution in [-0.2, 0) is 0 Å². The lowest BCUT2D eigenvalue weighted by molar-refractivity contribution is 0.606. The van der Waals surface area contributed by atoms with Crippen LogP contribution < -0.4 is 0 Å². The Morgan fingerprint density at radius 1 is 1.43 bits per heavy atom. The molecular weight excluding hydrogens is 294 g/mol. The number of imidazole rings is 1. The Balaban J connectivity index is 2.74.